The molecule has 2 amide bonds. The Morgan fingerprint density at radius 2 is 1.73 bits per heavy atom. The third-order valence-corrected chi connectivity index (χ3v) is 6.27. The van der Waals surface area contributed by atoms with E-state index in [1.165, 1.54) is 22.4 Å². The number of para-hydroxylation sites is 1. The highest BCUT2D eigenvalue weighted by Gasteiger charge is 2.41. The summed E-state index contributed by atoms with van der Waals surface area (Å²) < 4.78 is 8.81. The summed E-state index contributed by atoms with van der Waals surface area (Å²) in [4.78, 5) is 46.4. The van der Waals surface area contributed by atoms with Gasteiger partial charge in [-0.15, -0.1) is 0 Å². The summed E-state index contributed by atoms with van der Waals surface area (Å²) in [7, 11) is 0. The number of ether oxygens (including phenoxy) is 1. The molecule has 4 aromatic rings. The predicted molar refractivity (Wildman–Crippen MR) is 135 cm³/mol. The Morgan fingerprint density at radius 1 is 1.05 bits per heavy atom. The zero-order chi connectivity index (χ0) is 26.1. The summed E-state index contributed by atoms with van der Waals surface area (Å²) in [5.74, 6) is 9.91. The third-order valence-electron chi connectivity index (χ3n) is 6.27. The average molecular weight is 498 g/mol. The summed E-state index contributed by atoms with van der Waals surface area (Å²) in [5, 5.41) is 0.530. The standard InChI is InChI=1S/C26H23N7O4/c1-2-6-21(34)33(28)25(35)16-13-18(14-16)32-24-22(23(27)29-15-30-24)31(26(32)36)17-9-11-20(12-10-17)37-19-7-4-3-5-8-19/h3-5,7-12,15-16,18H,13-14,28H2,1H3,(H2,27,29,30). The third kappa shape index (κ3) is 4.30. The number of benzene rings is 2. The van der Waals surface area contributed by atoms with E-state index >= 15 is 0 Å². The number of fused-ring (bicyclic) bond motifs is 1. The van der Waals surface area contributed by atoms with Crippen LogP contribution in [0.4, 0.5) is 5.82 Å². The van der Waals surface area contributed by atoms with Gasteiger partial charge in [0.1, 0.15) is 23.3 Å². The van der Waals surface area contributed by atoms with Crippen molar-refractivity contribution in [3.05, 3.63) is 71.4 Å². The van der Waals surface area contributed by atoms with Gasteiger partial charge in [-0.1, -0.05) is 24.1 Å². The van der Waals surface area contributed by atoms with E-state index in [0.29, 0.717) is 46.2 Å². The van der Waals surface area contributed by atoms with Gasteiger partial charge in [-0.25, -0.2) is 25.6 Å². The molecule has 5 rings (SSSR count). The molecule has 0 bridgehead atoms. The first-order valence-corrected chi connectivity index (χ1v) is 11.5. The van der Waals surface area contributed by atoms with Crippen molar-refractivity contribution in [1.29, 1.82) is 0 Å². The van der Waals surface area contributed by atoms with Gasteiger partial charge < -0.3 is 10.5 Å². The number of aromatic nitrogens is 4. The number of amides is 2. The Balaban J connectivity index is 1.44. The minimum absolute atomic E-state index is 0.147. The molecular formula is C26H23N7O4. The molecule has 2 heterocycles. The fraction of sp³-hybridized carbons (Fsp3) is 0.192. The number of rotatable bonds is 5. The van der Waals surface area contributed by atoms with Crippen LogP contribution in [0.1, 0.15) is 25.8 Å². The highest BCUT2D eigenvalue weighted by Crippen LogP contribution is 2.40. The van der Waals surface area contributed by atoms with Crippen molar-refractivity contribution in [2.45, 2.75) is 25.8 Å². The molecule has 1 aliphatic rings. The highest BCUT2D eigenvalue weighted by atomic mass is 16.5. The van der Waals surface area contributed by atoms with Crippen LogP contribution < -0.4 is 22.0 Å². The zero-order valence-electron chi connectivity index (χ0n) is 19.9. The second kappa shape index (κ2) is 9.60. The van der Waals surface area contributed by atoms with Crippen LogP contribution in [0.3, 0.4) is 0 Å². The van der Waals surface area contributed by atoms with Gasteiger partial charge in [0.05, 0.1) is 5.69 Å². The summed E-state index contributed by atoms with van der Waals surface area (Å²) >= 11 is 0. The van der Waals surface area contributed by atoms with Gasteiger partial charge in [-0.3, -0.25) is 18.7 Å². The van der Waals surface area contributed by atoms with Crippen molar-refractivity contribution in [3.8, 4) is 29.0 Å². The molecule has 37 heavy (non-hydrogen) atoms. The number of carbonyl (C=O) groups is 2. The summed E-state index contributed by atoms with van der Waals surface area (Å²) in [6, 6.07) is 16.0. The van der Waals surface area contributed by atoms with Crippen molar-refractivity contribution < 1.29 is 14.3 Å². The maximum absolute atomic E-state index is 13.6. The largest absolute Gasteiger partial charge is 0.457 e. The SMILES string of the molecule is CC#CC(=O)N(N)C(=O)C1CC(n2c(=O)n(-c3ccc(Oc4ccccc4)cc3)c3c(N)ncnc32)C1. The van der Waals surface area contributed by atoms with E-state index in [9.17, 15) is 14.4 Å². The maximum atomic E-state index is 13.6. The second-order valence-corrected chi connectivity index (χ2v) is 8.54. The first kappa shape index (κ1) is 23.8. The van der Waals surface area contributed by atoms with Crippen LogP contribution in [0.5, 0.6) is 11.5 Å². The number of carbonyl (C=O) groups excluding carboxylic acids is 2. The van der Waals surface area contributed by atoms with Gasteiger partial charge in [-0.2, -0.15) is 0 Å². The molecule has 0 atom stereocenters. The number of imide groups is 1. The molecule has 1 aliphatic carbocycles. The number of hydrazine groups is 1. The lowest BCUT2D eigenvalue weighted by Crippen LogP contribution is -2.49. The van der Waals surface area contributed by atoms with Crippen LogP contribution in [0, 0.1) is 17.8 Å². The van der Waals surface area contributed by atoms with E-state index in [4.69, 9.17) is 16.3 Å². The zero-order valence-corrected chi connectivity index (χ0v) is 19.9. The van der Waals surface area contributed by atoms with Crippen molar-refractivity contribution >= 4 is 28.8 Å². The Morgan fingerprint density at radius 3 is 2.41 bits per heavy atom. The lowest BCUT2D eigenvalue weighted by atomic mass is 9.79. The predicted octanol–water partition coefficient (Wildman–Crippen LogP) is 2.16. The van der Waals surface area contributed by atoms with E-state index < -0.39 is 17.7 Å². The summed E-state index contributed by atoms with van der Waals surface area (Å²) in [6.07, 6.45) is 1.91. The van der Waals surface area contributed by atoms with E-state index in [-0.39, 0.29) is 17.5 Å². The van der Waals surface area contributed by atoms with E-state index in [1.54, 1.807) is 24.3 Å². The molecule has 11 heteroatoms. The Hall–Kier alpha value is -4.95. The number of nitrogen functional groups attached to an aromatic ring is 1. The molecule has 0 radical (unpaired) electrons. The van der Waals surface area contributed by atoms with E-state index in [2.05, 4.69) is 21.8 Å². The molecule has 1 saturated carbocycles. The number of anilines is 1. The molecule has 0 saturated heterocycles. The van der Waals surface area contributed by atoms with Gasteiger partial charge >= 0.3 is 11.6 Å². The van der Waals surface area contributed by atoms with Gasteiger partial charge in [-0.05, 0) is 62.1 Å². The number of imidazole rings is 1. The number of hydrogen-bond acceptors (Lipinski definition) is 8. The van der Waals surface area contributed by atoms with Crippen LogP contribution in [-0.4, -0.2) is 35.9 Å². The Labute approximate surface area is 211 Å². The van der Waals surface area contributed by atoms with Crippen LogP contribution in [0.15, 0.2) is 65.7 Å². The van der Waals surface area contributed by atoms with Crippen molar-refractivity contribution in [3.63, 3.8) is 0 Å². The smallest absolute Gasteiger partial charge is 0.335 e. The normalized spacial score (nSPS) is 16.4. The lowest BCUT2D eigenvalue weighted by Gasteiger charge is -2.35. The number of nitrogens with two attached hydrogens (primary N) is 2. The topological polar surface area (TPSA) is 151 Å². The van der Waals surface area contributed by atoms with Crippen molar-refractivity contribution in [2.75, 3.05) is 5.73 Å². The molecule has 0 aliphatic heterocycles. The molecule has 11 nitrogen and oxygen atoms in total. The first-order chi connectivity index (χ1) is 17.9. The highest BCUT2D eigenvalue weighted by molar-refractivity contribution is 6.04. The minimum Gasteiger partial charge on any atom is -0.457 e. The molecule has 0 unspecified atom stereocenters. The number of hydrogen-bond donors (Lipinski definition) is 2. The maximum Gasteiger partial charge on any atom is 0.335 e. The average Bonchev–Trinajstić information content (AvgIpc) is 3.17. The van der Waals surface area contributed by atoms with Gasteiger partial charge in [0.15, 0.2) is 11.5 Å². The quantitative estimate of drug-likeness (QED) is 0.184. The van der Waals surface area contributed by atoms with E-state index in [1.807, 2.05) is 30.3 Å². The minimum atomic E-state index is -0.773. The summed E-state index contributed by atoms with van der Waals surface area (Å²) in [5.41, 5.74) is 7.08. The van der Waals surface area contributed by atoms with Crippen LogP contribution >= 0.6 is 0 Å². The van der Waals surface area contributed by atoms with Crippen molar-refractivity contribution in [2.24, 2.45) is 11.8 Å². The Kier molecular flexibility index (Phi) is 6.17. The van der Waals surface area contributed by atoms with Gasteiger partial charge in [0.2, 0.25) is 5.91 Å². The monoisotopic (exact) mass is 497 g/mol. The fourth-order valence-electron chi connectivity index (χ4n) is 4.39. The lowest BCUT2D eigenvalue weighted by molar-refractivity contribution is -0.147. The molecular weight excluding hydrogens is 474 g/mol. The van der Waals surface area contributed by atoms with Gasteiger partial charge in [0.25, 0.3) is 0 Å². The molecule has 4 N–H and O–H groups in total. The van der Waals surface area contributed by atoms with Crippen molar-refractivity contribution in [1.82, 2.24) is 24.1 Å². The first-order valence-electron chi connectivity index (χ1n) is 11.5. The molecule has 2 aromatic carbocycles. The second-order valence-electron chi connectivity index (χ2n) is 8.54. The van der Waals surface area contributed by atoms with Crippen LogP contribution in [0.25, 0.3) is 16.9 Å². The van der Waals surface area contributed by atoms with Crippen LogP contribution in [-0.2, 0) is 9.59 Å². The Bertz CT molecular complexity index is 1610. The number of nitrogens with zero attached hydrogens (tertiary/aromatic N) is 5. The molecule has 0 spiro atoms. The molecule has 2 aromatic heterocycles. The van der Waals surface area contributed by atoms with Gasteiger partial charge in [0, 0.05) is 12.0 Å². The van der Waals surface area contributed by atoms with Crippen LogP contribution in [0.2, 0.25) is 0 Å². The fourth-order valence-corrected chi connectivity index (χ4v) is 4.39. The summed E-state index contributed by atoms with van der Waals surface area (Å²) in [6.45, 7) is 1.48. The van der Waals surface area contributed by atoms with E-state index in [0.717, 1.165) is 0 Å². The molecule has 186 valence electrons. The molecule has 1 fully saturated rings.